The molecule has 1 fully saturated rings. The number of urea groups is 1. The Balaban J connectivity index is 1.92. The lowest BCUT2D eigenvalue weighted by Gasteiger charge is -2.37. The van der Waals surface area contributed by atoms with E-state index in [2.05, 4.69) is 10.6 Å². The first kappa shape index (κ1) is 24.3. The van der Waals surface area contributed by atoms with Gasteiger partial charge < -0.3 is 15.5 Å². The number of rotatable bonds is 8. The smallest absolute Gasteiger partial charge is 0.325 e. The fraction of sp³-hybridized carbons (Fsp3) is 0.333. The molecule has 0 saturated carbocycles. The Morgan fingerprint density at radius 1 is 1.09 bits per heavy atom. The van der Waals surface area contributed by atoms with Crippen LogP contribution >= 0.6 is 0 Å². The second kappa shape index (κ2) is 10.1. The van der Waals surface area contributed by atoms with Crippen LogP contribution in [0.2, 0.25) is 0 Å². The van der Waals surface area contributed by atoms with E-state index in [1.165, 1.54) is 11.2 Å². The van der Waals surface area contributed by atoms with Crippen molar-refractivity contribution in [2.75, 3.05) is 31.7 Å². The van der Waals surface area contributed by atoms with Crippen molar-refractivity contribution in [3.63, 3.8) is 0 Å². The molecule has 8 nitrogen and oxygen atoms in total. The lowest BCUT2D eigenvalue weighted by molar-refractivity contribution is 0.179. The number of hydrogen-bond donors (Lipinski definition) is 3. The summed E-state index contributed by atoms with van der Waals surface area (Å²) >= 11 is 0. The van der Waals surface area contributed by atoms with Gasteiger partial charge in [-0.2, -0.15) is 0 Å². The van der Waals surface area contributed by atoms with Gasteiger partial charge in [0.05, 0.1) is 17.0 Å². The molecule has 0 aliphatic carbocycles. The number of sulfone groups is 1. The third-order valence-electron chi connectivity index (χ3n) is 5.22. The number of nitrogens with zero attached hydrogens (tertiary/aromatic N) is 2. The van der Waals surface area contributed by atoms with Crippen molar-refractivity contribution in [1.29, 1.82) is 5.41 Å². The highest BCUT2D eigenvalue weighted by molar-refractivity contribution is 7.90. The Kier molecular flexibility index (Phi) is 7.43. The molecular weight excluding hydrogens is 438 g/mol. The molecule has 2 amide bonds. The molecule has 0 aromatic heterocycles. The van der Waals surface area contributed by atoms with E-state index < -0.39 is 9.84 Å². The SMILES string of the molecule is CC(C)CN1C(=N)/C(=C(\NCc2ccc(S(C)(=O)=O)cc2)Nc2ccccc2)CN(C)C1=O. The van der Waals surface area contributed by atoms with Gasteiger partial charge in [0.1, 0.15) is 11.7 Å². The molecule has 0 atom stereocenters. The Hall–Kier alpha value is -3.33. The minimum Gasteiger partial charge on any atom is -0.367 e. The Morgan fingerprint density at radius 3 is 2.30 bits per heavy atom. The number of amidine groups is 1. The maximum atomic E-state index is 12.7. The molecule has 2 aromatic carbocycles. The molecule has 9 heteroatoms. The Morgan fingerprint density at radius 2 is 1.73 bits per heavy atom. The highest BCUT2D eigenvalue weighted by Crippen LogP contribution is 2.21. The summed E-state index contributed by atoms with van der Waals surface area (Å²) in [4.78, 5) is 16.1. The summed E-state index contributed by atoms with van der Waals surface area (Å²) in [7, 11) is -1.53. The molecule has 33 heavy (non-hydrogen) atoms. The minimum absolute atomic E-state index is 0.171. The summed E-state index contributed by atoms with van der Waals surface area (Å²) in [6, 6.07) is 16.1. The van der Waals surface area contributed by atoms with Gasteiger partial charge >= 0.3 is 6.03 Å². The van der Waals surface area contributed by atoms with Crippen LogP contribution in [-0.4, -0.2) is 56.5 Å². The summed E-state index contributed by atoms with van der Waals surface area (Å²) in [5.41, 5.74) is 2.42. The number of likely N-dealkylation sites (N-methyl/N-ethyl adjacent to an activating group) is 1. The Bertz CT molecular complexity index is 1140. The van der Waals surface area contributed by atoms with E-state index in [4.69, 9.17) is 5.41 Å². The zero-order chi connectivity index (χ0) is 24.2. The molecule has 0 radical (unpaired) electrons. The van der Waals surface area contributed by atoms with Gasteiger partial charge in [-0.3, -0.25) is 10.3 Å². The van der Waals surface area contributed by atoms with Gasteiger partial charge in [0.2, 0.25) is 0 Å². The molecule has 1 aliphatic rings. The summed E-state index contributed by atoms with van der Waals surface area (Å²) < 4.78 is 23.5. The van der Waals surface area contributed by atoms with Crippen LogP contribution in [-0.2, 0) is 16.4 Å². The van der Waals surface area contributed by atoms with E-state index in [1.54, 1.807) is 36.2 Å². The average Bonchev–Trinajstić information content (AvgIpc) is 2.77. The molecule has 0 spiro atoms. The number of carbonyl (C=O) groups excluding carboxylic acids is 1. The van der Waals surface area contributed by atoms with Gasteiger partial charge in [-0.05, 0) is 35.7 Å². The summed E-state index contributed by atoms with van der Waals surface area (Å²) in [6.07, 6.45) is 1.18. The van der Waals surface area contributed by atoms with Gasteiger partial charge in [0.15, 0.2) is 9.84 Å². The molecular formula is C24H31N5O3S. The number of carbonyl (C=O) groups is 1. The maximum Gasteiger partial charge on any atom is 0.325 e. The second-order valence-corrected chi connectivity index (χ2v) is 10.6. The van der Waals surface area contributed by atoms with E-state index in [1.807, 2.05) is 44.2 Å². The van der Waals surface area contributed by atoms with E-state index >= 15 is 0 Å². The van der Waals surface area contributed by atoms with E-state index in [0.29, 0.717) is 31.0 Å². The lowest BCUT2D eigenvalue weighted by Crippen LogP contribution is -2.53. The normalized spacial score (nSPS) is 16.3. The highest BCUT2D eigenvalue weighted by Gasteiger charge is 2.33. The summed E-state index contributed by atoms with van der Waals surface area (Å²) in [5, 5.41) is 15.5. The van der Waals surface area contributed by atoms with Gasteiger partial charge in [-0.25, -0.2) is 13.2 Å². The largest absolute Gasteiger partial charge is 0.367 e. The van der Waals surface area contributed by atoms with Gasteiger partial charge in [0.25, 0.3) is 0 Å². The first-order valence-electron chi connectivity index (χ1n) is 10.8. The zero-order valence-corrected chi connectivity index (χ0v) is 20.2. The Labute approximate surface area is 195 Å². The average molecular weight is 470 g/mol. The quantitative estimate of drug-likeness (QED) is 0.549. The third-order valence-corrected chi connectivity index (χ3v) is 6.35. The molecule has 0 bridgehead atoms. The molecule has 2 aromatic rings. The van der Waals surface area contributed by atoms with Crippen LogP contribution in [0.25, 0.3) is 0 Å². The van der Waals surface area contributed by atoms with Crippen LogP contribution in [0, 0.1) is 11.3 Å². The van der Waals surface area contributed by atoms with Crippen molar-refractivity contribution < 1.29 is 13.2 Å². The predicted octanol–water partition coefficient (Wildman–Crippen LogP) is 3.50. The van der Waals surface area contributed by atoms with Crippen LogP contribution in [0.5, 0.6) is 0 Å². The number of benzene rings is 2. The topological polar surface area (TPSA) is 106 Å². The predicted molar refractivity (Wildman–Crippen MR) is 131 cm³/mol. The number of nitrogens with one attached hydrogen (secondary N) is 3. The van der Waals surface area contributed by atoms with Crippen LogP contribution in [0.4, 0.5) is 10.5 Å². The lowest BCUT2D eigenvalue weighted by atomic mass is 10.1. The van der Waals surface area contributed by atoms with Gasteiger partial charge in [0, 0.05) is 32.1 Å². The van der Waals surface area contributed by atoms with Crippen LogP contribution in [0.15, 0.2) is 70.9 Å². The van der Waals surface area contributed by atoms with Crippen molar-refractivity contribution in [2.24, 2.45) is 5.92 Å². The van der Waals surface area contributed by atoms with Crippen molar-refractivity contribution in [3.8, 4) is 0 Å². The number of hydrogen-bond acceptors (Lipinski definition) is 6. The van der Waals surface area contributed by atoms with Crippen molar-refractivity contribution in [1.82, 2.24) is 15.1 Å². The molecule has 3 rings (SSSR count). The summed E-state index contributed by atoms with van der Waals surface area (Å²) in [5.74, 6) is 1.02. The molecule has 0 unspecified atom stereocenters. The fourth-order valence-corrected chi connectivity index (χ4v) is 4.14. The van der Waals surface area contributed by atoms with Gasteiger partial charge in [-0.1, -0.05) is 44.2 Å². The molecule has 3 N–H and O–H groups in total. The first-order valence-corrected chi connectivity index (χ1v) is 12.6. The monoisotopic (exact) mass is 469 g/mol. The number of para-hydroxylation sites is 1. The van der Waals surface area contributed by atoms with E-state index in [0.717, 1.165) is 11.3 Å². The van der Waals surface area contributed by atoms with Crippen molar-refractivity contribution in [3.05, 3.63) is 71.6 Å². The van der Waals surface area contributed by atoms with Gasteiger partial charge in [-0.15, -0.1) is 0 Å². The first-order chi connectivity index (χ1) is 15.6. The van der Waals surface area contributed by atoms with E-state index in [9.17, 15) is 13.2 Å². The van der Waals surface area contributed by atoms with Crippen LogP contribution in [0.3, 0.4) is 0 Å². The molecule has 1 saturated heterocycles. The highest BCUT2D eigenvalue weighted by atomic mass is 32.2. The molecule has 1 aliphatic heterocycles. The molecule has 176 valence electrons. The number of amides is 2. The molecule has 1 heterocycles. The maximum absolute atomic E-state index is 12.7. The van der Waals surface area contributed by atoms with Crippen LogP contribution in [0.1, 0.15) is 19.4 Å². The van der Waals surface area contributed by atoms with Crippen molar-refractivity contribution >= 4 is 27.4 Å². The van der Waals surface area contributed by atoms with E-state index in [-0.39, 0.29) is 22.7 Å². The van der Waals surface area contributed by atoms with Crippen LogP contribution < -0.4 is 10.6 Å². The summed E-state index contributed by atoms with van der Waals surface area (Å²) in [6.45, 7) is 5.19. The number of anilines is 1. The standard InChI is InChI=1S/C24H31N5O3S/c1-17(2)15-29-22(25)21(16-28(3)24(29)30)23(27-19-8-6-5-7-9-19)26-14-18-10-12-20(13-11-18)33(4,31)32/h5-13,17,25-27H,14-16H2,1-4H3/b23-21+,25-22?. The fourth-order valence-electron chi connectivity index (χ4n) is 3.51. The minimum atomic E-state index is -3.26. The third kappa shape index (κ3) is 6.13. The zero-order valence-electron chi connectivity index (χ0n) is 19.4. The van der Waals surface area contributed by atoms with Crippen molar-refractivity contribution in [2.45, 2.75) is 25.3 Å². The second-order valence-electron chi connectivity index (χ2n) is 8.61.